The third kappa shape index (κ3) is 11.9. The molecule has 1 aliphatic heterocycles. The second-order valence-corrected chi connectivity index (χ2v) is 21.9. The molecule has 0 bridgehead atoms. The molecule has 24 heavy (non-hydrogen) atoms. The van der Waals surface area contributed by atoms with E-state index >= 15 is 0 Å². The zero-order chi connectivity index (χ0) is 18.5. The molecule has 0 spiro atoms. The van der Waals surface area contributed by atoms with Crippen LogP contribution < -0.4 is 0 Å². The van der Waals surface area contributed by atoms with Gasteiger partial charge in [0.2, 0.25) is 0 Å². The summed E-state index contributed by atoms with van der Waals surface area (Å²) in [6.45, 7) is 20.6. The average molecular weight is 791 g/mol. The summed E-state index contributed by atoms with van der Waals surface area (Å²) in [5, 5.41) is 0. The van der Waals surface area contributed by atoms with Gasteiger partial charge in [0.15, 0.2) is 0 Å². The summed E-state index contributed by atoms with van der Waals surface area (Å²) in [6, 6.07) is 0. The standard InChI is InChI=1S/C20H40Te4/c1-17(2)9-21-11-18(3,4)13-23-15-20(7,8)16-24-14-19(5,6)12-22-10-17/h9-16H2,1-8H3. The van der Waals surface area contributed by atoms with Crippen LogP contribution in [0.25, 0.3) is 0 Å². The van der Waals surface area contributed by atoms with E-state index in [-0.39, 0.29) is 83.7 Å². The molecule has 4 heteroatoms. The Labute approximate surface area is 193 Å². The van der Waals surface area contributed by atoms with E-state index in [0.29, 0.717) is 21.7 Å². The Morgan fingerprint density at radius 1 is 0.333 bits per heavy atom. The van der Waals surface area contributed by atoms with Crippen molar-refractivity contribution < 1.29 is 0 Å². The first-order chi connectivity index (χ1) is 10.8. The second-order valence-electron chi connectivity index (χ2n) is 10.6. The van der Waals surface area contributed by atoms with Crippen LogP contribution in [0, 0.1) is 21.7 Å². The Kier molecular flexibility index (Phi) is 11.3. The van der Waals surface area contributed by atoms with E-state index in [9.17, 15) is 0 Å². The first-order valence-electron chi connectivity index (χ1n) is 9.14. The maximum absolute atomic E-state index is 2.58. The number of rotatable bonds is 0. The molecule has 0 aliphatic carbocycles. The molecule has 144 valence electrons. The van der Waals surface area contributed by atoms with Crippen molar-refractivity contribution in [1.82, 2.24) is 0 Å². The van der Waals surface area contributed by atoms with Gasteiger partial charge in [-0.2, -0.15) is 0 Å². The van der Waals surface area contributed by atoms with Gasteiger partial charge in [0, 0.05) is 0 Å². The van der Waals surface area contributed by atoms with Gasteiger partial charge < -0.3 is 0 Å². The summed E-state index contributed by atoms with van der Waals surface area (Å²) in [5.41, 5.74) is 2.68. The quantitative estimate of drug-likeness (QED) is 0.254. The molecule has 1 saturated heterocycles. The molecule has 0 aromatic rings. The van der Waals surface area contributed by atoms with Crippen LogP contribution in [-0.4, -0.2) is 83.7 Å². The summed E-state index contributed by atoms with van der Waals surface area (Å²) < 4.78 is 12.7. The first kappa shape index (κ1) is 25.2. The van der Waals surface area contributed by atoms with Gasteiger partial charge in [-0.25, -0.2) is 0 Å². The van der Waals surface area contributed by atoms with Crippen molar-refractivity contribution in [3.05, 3.63) is 0 Å². The van der Waals surface area contributed by atoms with Crippen LogP contribution in [-0.2, 0) is 0 Å². The van der Waals surface area contributed by atoms with E-state index in [2.05, 4.69) is 55.4 Å². The van der Waals surface area contributed by atoms with Crippen molar-refractivity contribution in [2.24, 2.45) is 21.7 Å². The van der Waals surface area contributed by atoms with Crippen molar-refractivity contribution >= 4 is 83.7 Å². The topological polar surface area (TPSA) is 0 Å². The zero-order valence-corrected chi connectivity index (χ0v) is 26.6. The number of hydrogen-bond donors (Lipinski definition) is 0. The fraction of sp³-hybridized carbons (Fsp3) is 1.00. The Morgan fingerprint density at radius 2 is 0.458 bits per heavy atom. The van der Waals surface area contributed by atoms with Gasteiger partial charge in [0.05, 0.1) is 0 Å². The van der Waals surface area contributed by atoms with Gasteiger partial charge in [-0.1, -0.05) is 0 Å². The van der Waals surface area contributed by atoms with Crippen LogP contribution in [0.2, 0.25) is 35.8 Å². The normalized spacial score (nSPS) is 29.0. The predicted octanol–water partition coefficient (Wildman–Crippen LogP) is 6.27. The molecule has 1 aliphatic rings. The Bertz CT molecular complexity index is 276. The molecule has 0 nitrogen and oxygen atoms in total. The third-order valence-corrected chi connectivity index (χ3v) is 26.4. The average Bonchev–Trinajstić information content (AvgIpc) is 2.35. The second kappa shape index (κ2) is 10.8. The van der Waals surface area contributed by atoms with Gasteiger partial charge in [0.25, 0.3) is 0 Å². The van der Waals surface area contributed by atoms with E-state index in [1.54, 1.807) is 35.8 Å². The van der Waals surface area contributed by atoms with E-state index in [1.165, 1.54) is 0 Å². The maximum atomic E-state index is 2.58. The third-order valence-electron chi connectivity index (χ3n) is 3.94. The molecule has 1 heterocycles. The number of hydrogen-bond acceptors (Lipinski definition) is 0. The summed E-state index contributed by atoms with van der Waals surface area (Å²) in [7, 11) is 0. The molecule has 0 radical (unpaired) electrons. The van der Waals surface area contributed by atoms with Crippen LogP contribution in [0.1, 0.15) is 55.4 Å². The zero-order valence-electron chi connectivity index (χ0n) is 17.3. The van der Waals surface area contributed by atoms with Crippen molar-refractivity contribution in [1.29, 1.82) is 0 Å². The van der Waals surface area contributed by atoms with Crippen LogP contribution in [0.5, 0.6) is 0 Å². The molecule has 0 amide bonds. The molecule has 0 N–H and O–H groups in total. The Hall–Kier alpha value is 3.16. The summed E-state index contributed by atoms with van der Waals surface area (Å²) in [5.74, 6) is 0. The van der Waals surface area contributed by atoms with Gasteiger partial charge in [0.1, 0.15) is 0 Å². The molecule has 0 aromatic heterocycles. The molecule has 0 atom stereocenters. The molecule has 0 saturated carbocycles. The Balaban J connectivity index is 2.68. The fourth-order valence-electron chi connectivity index (χ4n) is 2.58. The van der Waals surface area contributed by atoms with Crippen molar-refractivity contribution in [2.75, 3.05) is 0 Å². The molecule has 1 rings (SSSR count). The van der Waals surface area contributed by atoms with E-state index in [0.717, 1.165) is 0 Å². The molecular weight excluding hydrogens is 751 g/mol. The van der Waals surface area contributed by atoms with Crippen LogP contribution in [0.15, 0.2) is 0 Å². The van der Waals surface area contributed by atoms with Gasteiger partial charge in [-0.3, -0.25) is 0 Å². The van der Waals surface area contributed by atoms with Crippen molar-refractivity contribution in [3.63, 3.8) is 0 Å². The minimum absolute atomic E-state index is 0.220. The van der Waals surface area contributed by atoms with Gasteiger partial charge >= 0.3 is 196 Å². The van der Waals surface area contributed by atoms with Crippen LogP contribution >= 0.6 is 0 Å². The van der Waals surface area contributed by atoms with E-state index in [4.69, 9.17) is 0 Å². The monoisotopic (exact) mass is 800 g/mol. The Morgan fingerprint density at radius 3 is 0.583 bits per heavy atom. The van der Waals surface area contributed by atoms with Crippen molar-refractivity contribution in [2.45, 2.75) is 91.1 Å². The molecular formula is C20H40Te4. The van der Waals surface area contributed by atoms with E-state index in [1.807, 2.05) is 0 Å². The molecule has 1 fully saturated rings. The first-order valence-corrected chi connectivity index (χ1v) is 22.3. The predicted molar refractivity (Wildman–Crippen MR) is 117 cm³/mol. The summed E-state index contributed by atoms with van der Waals surface area (Å²) in [4.78, 5) is 0. The van der Waals surface area contributed by atoms with Crippen molar-refractivity contribution in [3.8, 4) is 0 Å². The van der Waals surface area contributed by atoms with Crippen LogP contribution in [0.3, 0.4) is 0 Å². The van der Waals surface area contributed by atoms with E-state index < -0.39 is 0 Å². The summed E-state index contributed by atoms with van der Waals surface area (Å²) >= 11 is 0.880. The fourth-order valence-corrected chi connectivity index (χ4v) is 23.7. The summed E-state index contributed by atoms with van der Waals surface area (Å²) in [6.07, 6.45) is 0. The van der Waals surface area contributed by atoms with Crippen LogP contribution in [0.4, 0.5) is 0 Å². The van der Waals surface area contributed by atoms with Gasteiger partial charge in [-0.15, -0.1) is 0 Å². The SMILES string of the molecule is CC1(C)C[Te]CC(C)(C)C[Te]CC(C)(C)C[Te]CC(C)(C)C[Te]C1. The molecule has 0 unspecified atom stereocenters. The molecule has 0 aromatic carbocycles. The minimum atomic E-state index is 0.220. The van der Waals surface area contributed by atoms with Gasteiger partial charge in [-0.05, 0) is 0 Å².